The summed E-state index contributed by atoms with van der Waals surface area (Å²) in [6, 6.07) is -0.480. The van der Waals surface area contributed by atoms with Gasteiger partial charge in [0.2, 0.25) is 0 Å². The van der Waals surface area contributed by atoms with Crippen molar-refractivity contribution in [3.8, 4) is 0 Å². The van der Waals surface area contributed by atoms with Gasteiger partial charge in [-0.3, -0.25) is 4.79 Å². The molecule has 0 aliphatic heterocycles. The zero-order valence-corrected chi connectivity index (χ0v) is 8.23. The van der Waals surface area contributed by atoms with Crippen molar-refractivity contribution in [2.75, 3.05) is 7.05 Å². The number of amides is 1. The first-order valence-corrected chi connectivity index (χ1v) is 4.18. The third-order valence-electron chi connectivity index (χ3n) is 2.13. The predicted octanol–water partition coefficient (Wildman–Crippen LogP) is 2.14. The summed E-state index contributed by atoms with van der Waals surface area (Å²) in [7, 11) is 1.09. The fraction of sp³-hybridized carbons (Fsp3) is 0.875. The summed E-state index contributed by atoms with van der Waals surface area (Å²) in [5.41, 5.74) is 0. The van der Waals surface area contributed by atoms with Gasteiger partial charge < -0.3 is 4.90 Å². The molecule has 2 nitrogen and oxygen atoms in total. The van der Waals surface area contributed by atoms with Crippen LogP contribution in [-0.4, -0.2) is 36.2 Å². The normalized spacial score (nSPS) is 14.3. The van der Waals surface area contributed by atoms with Crippen LogP contribution in [0.3, 0.4) is 0 Å². The van der Waals surface area contributed by atoms with Crippen molar-refractivity contribution < 1.29 is 22.4 Å². The minimum atomic E-state index is -4.59. The van der Waals surface area contributed by atoms with Gasteiger partial charge in [0.1, 0.15) is 0 Å². The second kappa shape index (κ2) is 4.61. The Bertz CT molecular complexity index is 208. The van der Waals surface area contributed by atoms with E-state index in [-0.39, 0.29) is 0 Å². The van der Waals surface area contributed by atoms with Crippen LogP contribution < -0.4 is 0 Å². The standard InChI is InChI=1S/C8H13F4NO/c1-4-5(2)13(3)7(14)8(11,12)6(9)10/h5-6H,4H2,1-3H3. The van der Waals surface area contributed by atoms with Crippen molar-refractivity contribution >= 4 is 5.91 Å². The molecule has 0 rings (SSSR count). The molecule has 0 aromatic carbocycles. The lowest BCUT2D eigenvalue weighted by Gasteiger charge is -2.27. The first kappa shape index (κ1) is 13.2. The number of carbonyl (C=O) groups excluding carboxylic acids is 1. The first-order chi connectivity index (χ1) is 6.25. The Morgan fingerprint density at radius 2 is 1.86 bits per heavy atom. The van der Waals surface area contributed by atoms with Crippen LogP contribution >= 0.6 is 0 Å². The van der Waals surface area contributed by atoms with E-state index >= 15 is 0 Å². The summed E-state index contributed by atoms with van der Waals surface area (Å²) in [6.45, 7) is 3.19. The molecule has 0 aromatic heterocycles. The highest BCUT2D eigenvalue weighted by Gasteiger charge is 2.50. The van der Waals surface area contributed by atoms with Crippen LogP contribution in [0.5, 0.6) is 0 Å². The average Bonchev–Trinajstić information content (AvgIpc) is 2.13. The van der Waals surface area contributed by atoms with Crippen LogP contribution in [0.1, 0.15) is 20.3 Å². The molecule has 6 heteroatoms. The SMILES string of the molecule is CCC(C)N(C)C(=O)C(F)(F)C(F)F. The molecule has 0 saturated carbocycles. The van der Waals surface area contributed by atoms with Crippen LogP contribution in [0.15, 0.2) is 0 Å². The van der Waals surface area contributed by atoms with E-state index in [0.717, 1.165) is 7.05 Å². The van der Waals surface area contributed by atoms with Crippen LogP contribution in [0.4, 0.5) is 17.6 Å². The third kappa shape index (κ3) is 2.59. The molecule has 0 bridgehead atoms. The summed E-state index contributed by atoms with van der Waals surface area (Å²) in [6.07, 6.45) is -3.52. The Labute approximate surface area is 79.9 Å². The Kier molecular flexibility index (Phi) is 4.35. The summed E-state index contributed by atoms with van der Waals surface area (Å²) in [5.74, 6) is -6.42. The molecule has 0 heterocycles. The van der Waals surface area contributed by atoms with E-state index < -0.39 is 24.3 Å². The quantitative estimate of drug-likeness (QED) is 0.658. The molecule has 0 fully saturated rings. The highest BCUT2D eigenvalue weighted by molar-refractivity contribution is 5.84. The maximum absolute atomic E-state index is 12.5. The van der Waals surface area contributed by atoms with Crippen molar-refractivity contribution in [2.45, 2.75) is 38.7 Å². The number of alkyl halides is 4. The summed E-state index contributed by atoms with van der Waals surface area (Å²) >= 11 is 0. The predicted molar refractivity (Wildman–Crippen MR) is 43.5 cm³/mol. The molecule has 0 radical (unpaired) electrons. The van der Waals surface area contributed by atoms with E-state index in [1.165, 1.54) is 6.92 Å². The number of carbonyl (C=O) groups is 1. The van der Waals surface area contributed by atoms with Crippen LogP contribution in [0.25, 0.3) is 0 Å². The topological polar surface area (TPSA) is 20.3 Å². The van der Waals surface area contributed by atoms with Crippen molar-refractivity contribution in [2.24, 2.45) is 0 Å². The molecule has 0 aromatic rings. The van der Waals surface area contributed by atoms with Gasteiger partial charge in [-0.2, -0.15) is 8.78 Å². The fourth-order valence-corrected chi connectivity index (χ4v) is 0.802. The van der Waals surface area contributed by atoms with Crippen LogP contribution in [0, 0.1) is 0 Å². The van der Waals surface area contributed by atoms with E-state index in [4.69, 9.17) is 0 Å². The molecule has 0 N–H and O–H groups in total. The number of halogens is 4. The molecular formula is C8H13F4NO. The summed E-state index contributed by atoms with van der Waals surface area (Å²) in [5, 5.41) is 0. The number of rotatable bonds is 4. The molecule has 14 heavy (non-hydrogen) atoms. The molecule has 84 valence electrons. The molecule has 0 aliphatic carbocycles. The van der Waals surface area contributed by atoms with Crippen molar-refractivity contribution in [1.82, 2.24) is 4.90 Å². The minimum Gasteiger partial charge on any atom is -0.338 e. The van der Waals surface area contributed by atoms with Gasteiger partial charge in [0.15, 0.2) is 0 Å². The summed E-state index contributed by atoms with van der Waals surface area (Å²) < 4.78 is 48.7. The highest BCUT2D eigenvalue weighted by atomic mass is 19.3. The van der Waals surface area contributed by atoms with Gasteiger partial charge in [0.05, 0.1) is 0 Å². The Morgan fingerprint density at radius 1 is 1.43 bits per heavy atom. The fourth-order valence-electron chi connectivity index (χ4n) is 0.802. The lowest BCUT2D eigenvalue weighted by Crippen LogP contribution is -2.49. The van der Waals surface area contributed by atoms with Gasteiger partial charge in [-0.15, -0.1) is 0 Å². The van der Waals surface area contributed by atoms with Crippen molar-refractivity contribution in [1.29, 1.82) is 0 Å². The lowest BCUT2D eigenvalue weighted by atomic mass is 10.2. The van der Waals surface area contributed by atoms with E-state index in [2.05, 4.69) is 0 Å². The van der Waals surface area contributed by atoms with E-state index in [9.17, 15) is 22.4 Å². The average molecular weight is 215 g/mol. The van der Waals surface area contributed by atoms with E-state index in [0.29, 0.717) is 11.3 Å². The van der Waals surface area contributed by atoms with Crippen LogP contribution in [0.2, 0.25) is 0 Å². The molecule has 0 spiro atoms. The molecule has 0 saturated heterocycles. The van der Waals surface area contributed by atoms with Crippen LogP contribution in [-0.2, 0) is 4.79 Å². The second-order valence-corrected chi connectivity index (χ2v) is 3.10. The van der Waals surface area contributed by atoms with Gasteiger partial charge in [-0.1, -0.05) is 6.92 Å². The number of hydrogen-bond donors (Lipinski definition) is 0. The molecular weight excluding hydrogens is 202 g/mol. The number of nitrogens with zero attached hydrogens (tertiary/aromatic N) is 1. The minimum absolute atomic E-state index is 0.432. The largest absolute Gasteiger partial charge is 0.383 e. The lowest BCUT2D eigenvalue weighted by molar-refractivity contribution is -0.181. The third-order valence-corrected chi connectivity index (χ3v) is 2.13. The van der Waals surface area contributed by atoms with Gasteiger partial charge in [-0.25, -0.2) is 8.78 Å². The maximum atomic E-state index is 12.5. The van der Waals surface area contributed by atoms with Gasteiger partial charge >= 0.3 is 12.3 Å². The van der Waals surface area contributed by atoms with Crippen molar-refractivity contribution in [3.05, 3.63) is 0 Å². The number of hydrogen-bond acceptors (Lipinski definition) is 1. The van der Waals surface area contributed by atoms with E-state index in [1.807, 2.05) is 0 Å². The Morgan fingerprint density at radius 3 is 2.14 bits per heavy atom. The summed E-state index contributed by atoms with van der Waals surface area (Å²) in [4.78, 5) is 11.5. The van der Waals surface area contributed by atoms with Gasteiger partial charge in [0.25, 0.3) is 5.91 Å². The molecule has 1 unspecified atom stereocenters. The zero-order chi connectivity index (χ0) is 11.5. The Hall–Kier alpha value is -0.810. The Balaban J connectivity index is 4.61. The van der Waals surface area contributed by atoms with E-state index in [1.54, 1.807) is 6.92 Å². The van der Waals surface area contributed by atoms with Crippen molar-refractivity contribution in [3.63, 3.8) is 0 Å². The smallest absolute Gasteiger partial charge is 0.338 e. The second-order valence-electron chi connectivity index (χ2n) is 3.10. The highest BCUT2D eigenvalue weighted by Crippen LogP contribution is 2.25. The monoisotopic (exact) mass is 215 g/mol. The molecule has 0 aliphatic rings. The molecule has 1 atom stereocenters. The van der Waals surface area contributed by atoms with Gasteiger partial charge in [-0.05, 0) is 13.3 Å². The molecule has 1 amide bonds. The van der Waals surface area contributed by atoms with Gasteiger partial charge in [0, 0.05) is 13.1 Å². The zero-order valence-electron chi connectivity index (χ0n) is 8.23. The first-order valence-electron chi connectivity index (χ1n) is 4.18. The maximum Gasteiger partial charge on any atom is 0.383 e.